The summed E-state index contributed by atoms with van der Waals surface area (Å²) in [5.74, 6) is -0.0459. The smallest absolute Gasteiger partial charge is 0.316 e. The van der Waals surface area contributed by atoms with Crippen LogP contribution in [0.5, 0.6) is 0 Å². The van der Waals surface area contributed by atoms with E-state index in [0.717, 1.165) is 18.4 Å². The van der Waals surface area contributed by atoms with Crippen LogP contribution in [0, 0.1) is 0 Å². The van der Waals surface area contributed by atoms with Crippen LogP contribution in [0.4, 0.5) is 16.2 Å². The van der Waals surface area contributed by atoms with E-state index in [2.05, 4.69) is 10.6 Å². The normalized spacial score (nSPS) is 14.8. The van der Waals surface area contributed by atoms with E-state index < -0.39 is 11.4 Å². The fourth-order valence-corrected chi connectivity index (χ4v) is 2.78. The van der Waals surface area contributed by atoms with Crippen molar-refractivity contribution in [2.24, 2.45) is 5.73 Å². The van der Waals surface area contributed by atoms with Gasteiger partial charge < -0.3 is 16.4 Å². The predicted octanol–water partition coefficient (Wildman–Crippen LogP) is 3.50. The van der Waals surface area contributed by atoms with E-state index in [0.29, 0.717) is 16.4 Å². The lowest BCUT2D eigenvalue weighted by atomic mass is 9.95. The highest BCUT2D eigenvalue weighted by Crippen LogP contribution is 2.49. The van der Waals surface area contributed by atoms with E-state index in [1.807, 2.05) is 18.2 Å². The van der Waals surface area contributed by atoms with Gasteiger partial charge in [0.05, 0.1) is 5.41 Å². The Morgan fingerprint density at radius 3 is 2.13 bits per heavy atom. The highest BCUT2D eigenvalue weighted by molar-refractivity contribution is 6.30. The molecule has 1 aliphatic carbocycles. The zero-order valence-corrected chi connectivity index (χ0v) is 13.1. The summed E-state index contributed by atoms with van der Waals surface area (Å²) in [7, 11) is 0. The summed E-state index contributed by atoms with van der Waals surface area (Å²) in [6.07, 6.45) is 1.61. The minimum atomic E-state index is -0.625. The molecule has 1 saturated carbocycles. The van der Waals surface area contributed by atoms with Crippen LogP contribution in [0.15, 0.2) is 48.5 Å². The van der Waals surface area contributed by atoms with Gasteiger partial charge in [-0.3, -0.25) is 4.79 Å². The summed E-state index contributed by atoms with van der Waals surface area (Å²) in [4.78, 5) is 23.4. The van der Waals surface area contributed by atoms with Crippen molar-refractivity contribution in [1.29, 1.82) is 0 Å². The van der Waals surface area contributed by atoms with Crippen LogP contribution in [0.2, 0.25) is 5.02 Å². The maximum atomic E-state index is 12.6. The quantitative estimate of drug-likeness (QED) is 0.802. The molecule has 2 aromatic rings. The van der Waals surface area contributed by atoms with E-state index in [-0.39, 0.29) is 5.91 Å². The number of urea groups is 1. The lowest BCUT2D eigenvalue weighted by Gasteiger charge is -2.16. The first-order valence-electron chi connectivity index (χ1n) is 7.24. The fraction of sp³-hybridized carbons (Fsp3) is 0.176. The number of nitrogens with one attached hydrogen (secondary N) is 2. The molecule has 5 nitrogen and oxygen atoms in total. The summed E-state index contributed by atoms with van der Waals surface area (Å²) < 4.78 is 0. The van der Waals surface area contributed by atoms with Gasteiger partial charge in [0, 0.05) is 16.4 Å². The highest BCUT2D eigenvalue weighted by atomic mass is 35.5. The molecule has 0 heterocycles. The zero-order chi connectivity index (χ0) is 16.4. The van der Waals surface area contributed by atoms with Crippen molar-refractivity contribution in [3.8, 4) is 0 Å². The number of rotatable bonds is 4. The molecule has 23 heavy (non-hydrogen) atoms. The van der Waals surface area contributed by atoms with Gasteiger partial charge in [-0.25, -0.2) is 4.79 Å². The van der Waals surface area contributed by atoms with Crippen LogP contribution in [0.3, 0.4) is 0 Å². The monoisotopic (exact) mass is 329 g/mol. The van der Waals surface area contributed by atoms with E-state index in [4.69, 9.17) is 17.3 Å². The molecule has 0 radical (unpaired) electrons. The Labute approximate surface area is 138 Å². The third-order valence-electron chi connectivity index (χ3n) is 3.97. The van der Waals surface area contributed by atoms with E-state index in [1.165, 1.54) is 0 Å². The highest BCUT2D eigenvalue weighted by Gasteiger charge is 2.51. The summed E-state index contributed by atoms with van der Waals surface area (Å²) in [6, 6.07) is 13.6. The number of hydrogen-bond donors (Lipinski definition) is 3. The van der Waals surface area contributed by atoms with Crippen molar-refractivity contribution in [2.45, 2.75) is 18.3 Å². The first-order chi connectivity index (χ1) is 11.0. The van der Waals surface area contributed by atoms with Gasteiger partial charge in [-0.2, -0.15) is 0 Å². The molecule has 1 aliphatic rings. The number of primary amides is 1. The molecule has 3 amide bonds. The largest absolute Gasteiger partial charge is 0.351 e. The number of halogens is 1. The van der Waals surface area contributed by atoms with Gasteiger partial charge in [0.2, 0.25) is 5.91 Å². The second-order valence-electron chi connectivity index (χ2n) is 5.61. The Bertz CT molecular complexity index is 755. The molecule has 0 saturated heterocycles. The molecule has 0 bridgehead atoms. The van der Waals surface area contributed by atoms with Gasteiger partial charge in [0.25, 0.3) is 0 Å². The molecule has 2 aromatic carbocycles. The second kappa shape index (κ2) is 5.93. The molecule has 0 aliphatic heterocycles. The molecule has 0 atom stereocenters. The summed E-state index contributed by atoms with van der Waals surface area (Å²) in [6.45, 7) is 0. The van der Waals surface area contributed by atoms with Crippen LogP contribution >= 0.6 is 11.6 Å². The van der Waals surface area contributed by atoms with Gasteiger partial charge in [-0.05, 0) is 54.8 Å². The SMILES string of the molecule is NC(=O)Nc1ccc(NC(=O)C2(c3cccc(Cl)c3)CC2)cc1. The Kier molecular flexibility index (Phi) is 3.96. The molecule has 4 N–H and O–H groups in total. The number of carbonyl (C=O) groups excluding carboxylic acids is 2. The topological polar surface area (TPSA) is 84.2 Å². The van der Waals surface area contributed by atoms with Crippen LogP contribution in [0.1, 0.15) is 18.4 Å². The maximum Gasteiger partial charge on any atom is 0.316 e. The Morgan fingerprint density at radius 1 is 1.00 bits per heavy atom. The number of nitrogens with two attached hydrogens (primary N) is 1. The Hall–Kier alpha value is -2.53. The fourth-order valence-electron chi connectivity index (χ4n) is 2.59. The third-order valence-corrected chi connectivity index (χ3v) is 4.21. The molecule has 6 heteroatoms. The van der Waals surface area contributed by atoms with Crippen molar-refractivity contribution in [3.63, 3.8) is 0 Å². The summed E-state index contributed by atoms with van der Waals surface area (Å²) in [5, 5.41) is 6.02. The van der Waals surface area contributed by atoms with Crippen molar-refractivity contribution < 1.29 is 9.59 Å². The lowest BCUT2D eigenvalue weighted by Crippen LogP contribution is -2.27. The van der Waals surface area contributed by atoms with Gasteiger partial charge in [0.1, 0.15) is 0 Å². The van der Waals surface area contributed by atoms with Gasteiger partial charge >= 0.3 is 6.03 Å². The third kappa shape index (κ3) is 3.29. The lowest BCUT2D eigenvalue weighted by molar-refractivity contribution is -0.118. The van der Waals surface area contributed by atoms with E-state index in [9.17, 15) is 9.59 Å². The Balaban J connectivity index is 1.73. The minimum Gasteiger partial charge on any atom is -0.351 e. The number of hydrogen-bond acceptors (Lipinski definition) is 2. The molecule has 1 fully saturated rings. The van der Waals surface area contributed by atoms with Gasteiger partial charge in [-0.1, -0.05) is 23.7 Å². The number of amides is 3. The summed E-state index contributed by atoms with van der Waals surface area (Å²) >= 11 is 6.03. The molecule has 3 rings (SSSR count). The van der Waals surface area contributed by atoms with Crippen molar-refractivity contribution in [1.82, 2.24) is 0 Å². The number of benzene rings is 2. The van der Waals surface area contributed by atoms with Gasteiger partial charge in [-0.15, -0.1) is 0 Å². The summed E-state index contributed by atoms with van der Waals surface area (Å²) in [5.41, 5.74) is 6.74. The first-order valence-corrected chi connectivity index (χ1v) is 7.61. The van der Waals surface area contributed by atoms with Crippen LogP contribution in [-0.4, -0.2) is 11.9 Å². The van der Waals surface area contributed by atoms with E-state index >= 15 is 0 Å². The first kappa shape index (κ1) is 15.4. The Morgan fingerprint density at radius 2 is 1.61 bits per heavy atom. The minimum absolute atomic E-state index is 0.0459. The van der Waals surface area contributed by atoms with Crippen LogP contribution in [0.25, 0.3) is 0 Å². The van der Waals surface area contributed by atoms with Crippen molar-refractivity contribution in [3.05, 3.63) is 59.1 Å². The molecular weight excluding hydrogens is 314 g/mol. The van der Waals surface area contributed by atoms with E-state index in [1.54, 1.807) is 30.3 Å². The zero-order valence-electron chi connectivity index (χ0n) is 12.3. The molecular formula is C17H16ClN3O2. The van der Waals surface area contributed by atoms with Crippen LogP contribution in [-0.2, 0) is 10.2 Å². The van der Waals surface area contributed by atoms with Crippen molar-refractivity contribution >= 4 is 34.9 Å². The van der Waals surface area contributed by atoms with Crippen molar-refractivity contribution in [2.75, 3.05) is 10.6 Å². The second-order valence-corrected chi connectivity index (χ2v) is 6.05. The standard InChI is InChI=1S/C17H16ClN3O2/c18-12-3-1-2-11(10-12)17(8-9-17)15(22)20-13-4-6-14(7-5-13)21-16(19)23/h1-7,10H,8-9H2,(H,20,22)(H3,19,21,23). The molecule has 0 spiro atoms. The molecule has 118 valence electrons. The average molecular weight is 330 g/mol. The van der Waals surface area contributed by atoms with Crippen LogP contribution < -0.4 is 16.4 Å². The molecule has 0 aromatic heterocycles. The molecule has 0 unspecified atom stereocenters. The predicted molar refractivity (Wildman–Crippen MR) is 90.6 cm³/mol. The average Bonchev–Trinajstić information content (AvgIpc) is 3.30. The van der Waals surface area contributed by atoms with Gasteiger partial charge in [0.15, 0.2) is 0 Å². The number of anilines is 2. The number of carbonyl (C=O) groups is 2. The maximum absolute atomic E-state index is 12.6.